The van der Waals surface area contributed by atoms with Gasteiger partial charge < -0.3 is 14.2 Å². The highest BCUT2D eigenvalue weighted by Crippen LogP contribution is 2.26. The lowest BCUT2D eigenvalue weighted by Gasteiger charge is -2.22. The third-order valence-corrected chi connectivity index (χ3v) is 4.92. The van der Waals surface area contributed by atoms with Crippen LogP contribution in [0.4, 0.5) is 5.69 Å². The minimum Gasteiger partial charge on any atom is -0.497 e. The molecule has 0 atom stereocenters. The summed E-state index contributed by atoms with van der Waals surface area (Å²) in [7, 11) is 3.45. The van der Waals surface area contributed by atoms with Crippen LogP contribution in [0.5, 0.6) is 5.75 Å². The molecule has 0 aliphatic carbocycles. The molecule has 0 radical (unpaired) electrons. The number of methoxy groups -OCH3 is 1. The van der Waals surface area contributed by atoms with Gasteiger partial charge >= 0.3 is 0 Å². The molecule has 3 aromatic heterocycles. The number of pyridine rings is 1. The Morgan fingerprint density at radius 2 is 2.00 bits per heavy atom. The van der Waals surface area contributed by atoms with Gasteiger partial charge in [0.15, 0.2) is 11.5 Å². The fourth-order valence-corrected chi connectivity index (χ4v) is 3.10. The summed E-state index contributed by atoms with van der Waals surface area (Å²) in [6.07, 6.45) is 5.13. The Bertz CT molecular complexity index is 1150. The summed E-state index contributed by atoms with van der Waals surface area (Å²) in [5.74, 6) is 0.934. The largest absolute Gasteiger partial charge is 0.497 e. The Kier molecular flexibility index (Phi) is 5.30. The van der Waals surface area contributed by atoms with E-state index in [1.807, 2.05) is 50.4 Å². The van der Waals surface area contributed by atoms with Crippen molar-refractivity contribution < 1.29 is 14.1 Å². The SMILES string of the molecule is COc1ccc(N(Cc2cccnc2)C(=O)c2cc(-c3cnn(C)c3C)on2)cc1. The van der Waals surface area contributed by atoms with Crippen LogP contribution in [0.15, 0.2) is 65.6 Å². The summed E-state index contributed by atoms with van der Waals surface area (Å²) in [5, 5.41) is 8.24. The number of benzene rings is 1. The average Bonchev–Trinajstić information content (AvgIpc) is 3.39. The predicted molar refractivity (Wildman–Crippen MR) is 111 cm³/mol. The molecule has 3 heterocycles. The number of hydrogen-bond acceptors (Lipinski definition) is 6. The summed E-state index contributed by atoms with van der Waals surface area (Å²) < 4.78 is 12.4. The number of hydrogen-bond donors (Lipinski definition) is 0. The zero-order valence-electron chi connectivity index (χ0n) is 16.9. The molecule has 8 nitrogen and oxygen atoms in total. The second kappa shape index (κ2) is 8.20. The maximum atomic E-state index is 13.4. The van der Waals surface area contributed by atoms with Crippen molar-refractivity contribution >= 4 is 11.6 Å². The highest BCUT2D eigenvalue weighted by atomic mass is 16.5. The quantitative estimate of drug-likeness (QED) is 0.489. The van der Waals surface area contributed by atoms with Crippen molar-refractivity contribution in [3.05, 3.63) is 78.0 Å². The van der Waals surface area contributed by atoms with Gasteiger partial charge in [-0.3, -0.25) is 14.5 Å². The summed E-state index contributed by atoms with van der Waals surface area (Å²) in [6, 6.07) is 12.7. The van der Waals surface area contributed by atoms with E-state index in [-0.39, 0.29) is 11.6 Å². The minimum atomic E-state index is -0.277. The molecule has 4 rings (SSSR count). The van der Waals surface area contributed by atoms with Gasteiger partial charge in [0.05, 0.1) is 25.4 Å². The molecule has 8 heteroatoms. The first-order valence-electron chi connectivity index (χ1n) is 9.37. The van der Waals surface area contributed by atoms with E-state index < -0.39 is 0 Å². The maximum Gasteiger partial charge on any atom is 0.280 e. The van der Waals surface area contributed by atoms with Crippen molar-refractivity contribution in [2.24, 2.45) is 7.05 Å². The fourth-order valence-electron chi connectivity index (χ4n) is 3.10. The van der Waals surface area contributed by atoms with E-state index >= 15 is 0 Å². The molecule has 0 spiro atoms. The summed E-state index contributed by atoms with van der Waals surface area (Å²) in [6.45, 7) is 2.27. The average molecular weight is 403 g/mol. The molecule has 152 valence electrons. The van der Waals surface area contributed by atoms with Gasteiger partial charge in [-0.2, -0.15) is 5.10 Å². The molecule has 0 aliphatic rings. The molecular formula is C22H21N5O3. The molecule has 0 aliphatic heterocycles. The van der Waals surface area contributed by atoms with Gasteiger partial charge in [-0.05, 0) is 42.8 Å². The summed E-state index contributed by atoms with van der Waals surface area (Å²) >= 11 is 0. The Morgan fingerprint density at radius 1 is 1.20 bits per heavy atom. The first kappa shape index (κ1) is 19.4. The molecule has 0 fully saturated rings. The predicted octanol–water partition coefficient (Wildman–Crippen LogP) is 3.63. The van der Waals surface area contributed by atoms with Gasteiger partial charge in [-0.15, -0.1) is 0 Å². The highest BCUT2D eigenvalue weighted by molar-refractivity contribution is 6.05. The molecule has 1 amide bonds. The third kappa shape index (κ3) is 3.80. The van der Waals surface area contributed by atoms with Crippen molar-refractivity contribution in [1.82, 2.24) is 19.9 Å². The number of aryl methyl sites for hydroxylation is 1. The molecular weight excluding hydrogens is 382 g/mol. The van der Waals surface area contributed by atoms with Gasteiger partial charge in [-0.1, -0.05) is 11.2 Å². The Hall–Kier alpha value is -3.94. The van der Waals surface area contributed by atoms with Gasteiger partial charge in [0.1, 0.15) is 5.75 Å². The Balaban J connectivity index is 1.67. The molecule has 0 N–H and O–H groups in total. The fraction of sp³-hybridized carbons (Fsp3) is 0.182. The van der Waals surface area contributed by atoms with E-state index in [0.717, 1.165) is 16.8 Å². The number of carbonyl (C=O) groups excluding carboxylic acids is 1. The number of aromatic nitrogens is 4. The number of carbonyl (C=O) groups is 1. The highest BCUT2D eigenvalue weighted by Gasteiger charge is 2.23. The maximum absolute atomic E-state index is 13.4. The van der Waals surface area contributed by atoms with Crippen LogP contribution in [0.2, 0.25) is 0 Å². The number of ether oxygens (including phenoxy) is 1. The monoisotopic (exact) mass is 403 g/mol. The van der Waals surface area contributed by atoms with Crippen molar-refractivity contribution in [1.29, 1.82) is 0 Å². The van der Waals surface area contributed by atoms with Gasteiger partial charge in [0, 0.05) is 36.9 Å². The molecule has 1 aromatic carbocycles. The Labute approximate surface area is 173 Å². The van der Waals surface area contributed by atoms with Crippen LogP contribution in [0.3, 0.4) is 0 Å². The van der Waals surface area contributed by atoms with E-state index in [1.54, 1.807) is 41.3 Å². The summed E-state index contributed by atoms with van der Waals surface area (Å²) in [5.41, 5.74) is 3.55. The second-order valence-electron chi connectivity index (χ2n) is 6.79. The zero-order chi connectivity index (χ0) is 21.1. The lowest BCUT2D eigenvalue weighted by Crippen LogP contribution is -2.30. The van der Waals surface area contributed by atoms with Crippen LogP contribution in [0.1, 0.15) is 21.7 Å². The molecule has 0 saturated carbocycles. The molecule has 0 bridgehead atoms. The van der Waals surface area contributed by atoms with Crippen LogP contribution in [-0.2, 0) is 13.6 Å². The first-order valence-corrected chi connectivity index (χ1v) is 9.37. The van der Waals surface area contributed by atoms with Crippen LogP contribution in [0.25, 0.3) is 11.3 Å². The van der Waals surface area contributed by atoms with Gasteiger partial charge in [0.2, 0.25) is 0 Å². The lowest BCUT2D eigenvalue weighted by atomic mass is 10.1. The lowest BCUT2D eigenvalue weighted by molar-refractivity contribution is 0.0976. The molecule has 4 aromatic rings. The first-order chi connectivity index (χ1) is 14.6. The second-order valence-corrected chi connectivity index (χ2v) is 6.79. The molecule has 0 unspecified atom stereocenters. The van der Waals surface area contributed by atoms with E-state index in [9.17, 15) is 4.79 Å². The van der Waals surface area contributed by atoms with Crippen molar-refractivity contribution in [2.45, 2.75) is 13.5 Å². The Morgan fingerprint density at radius 3 is 2.63 bits per heavy atom. The van der Waals surface area contributed by atoms with E-state index in [0.29, 0.717) is 23.7 Å². The number of rotatable bonds is 6. The van der Waals surface area contributed by atoms with E-state index in [4.69, 9.17) is 9.26 Å². The van der Waals surface area contributed by atoms with Crippen LogP contribution in [0, 0.1) is 6.92 Å². The van der Waals surface area contributed by atoms with E-state index in [2.05, 4.69) is 15.2 Å². The topological polar surface area (TPSA) is 86.3 Å². The number of nitrogens with zero attached hydrogens (tertiary/aromatic N) is 5. The van der Waals surface area contributed by atoms with Crippen LogP contribution < -0.4 is 9.64 Å². The minimum absolute atomic E-state index is 0.216. The zero-order valence-corrected chi connectivity index (χ0v) is 16.9. The van der Waals surface area contributed by atoms with Gasteiger partial charge in [0.25, 0.3) is 5.91 Å². The third-order valence-electron chi connectivity index (χ3n) is 4.92. The van der Waals surface area contributed by atoms with Crippen molar-refractivity contribution in [2.75, 3.05) is 12.0 Å². The number of anilines is 1. The van der Waals surface area contributed by atoms with Crippen molar-refractivity contribution in [3.63, 3.8) is 0 Å². The summed E-state index contributed by atoms with van der Waals surface area (Å²) in [4.78, 5) is 19.1. The van der Waals surface area contributed by atoms with Gasteiger partial charge in [-0.25, -0.2) is 0 Å². The standard InChI is InChI=1S/C22H21N5O3/c1-15-19(13-24-26(15)2)21-11-20(25-30-21)22(28)27(14-16-5-4-10-23-12-16)17-6-8-18(29-3)9-7-17/h4-13H,14H2,1-3H3. The number of amides is 1. The normalized spacial score (nSPS) is 10.8. The van der Waals surface area contributed by atoms with Crippen LogP contribution >= 0.6 is 0 Å². The molecule has 30 heavy (non-hydrogen) atoms. The smallest absolute Gasteiger partial charge is 0.280 e. The van der Waals surface area contributed by atoms with Crippen LogP contribution in [-0.4, -0.2) is 32.9 Å². The van der Waals surface area contributed by atoms with E-state index in [1.165, 1.54) is 0 Å². The molecule has 0 saturated heterocycles. The van der Waals surface area contributed by atoms with Crippen molar-refractivity contribution in [3.8, 4) is 17.1 Å².